The molecule has 0 spiro atoms. The third-order valence-corrected chi connectivity index (χ3v) is 5.28. The fourth-order valence-corrected chi connectivity index (χ4v) is 3.67. The van der Waals surface area contributed by atoms with E-state index in [1.54, 1.807) is 12.1 Å². The molecule has 0 bridgehead atoms. The zero-order chi connectivity index (χ0) is 21.7. The average Bonchev–Trinajstić information content (AvgIpc) is 2.70. The number of fused-ring (bicyclic) bond motifs is 1. The molecule has 0 aliphatic carbocycles. The van der Waals surface area contributed by atoms with Gasteiger partial charge >= 0.3 is 13.1 Å². The lowest BCUT2D eigenvalue weighted by Gasteiger charge is -2.34. The molecule has 0 aromatic heterocycles. The molecule has 0 radical (unpaired) electrons. The number of nitrogens with zero attached hydrogens (tertiary/aromatic N) is 2. The van der Waals surface area contributed by atoms with Gasteiger partial charge in [-0.05, 0) is 24.6 Å². The van der Waals surface area contributed by atoms with E-state index in [9.17, 15) is 24.5 Å². The van der Waals surface area contributed by atoms with Gasteiger partial charge in [-0.15, -0.1) is 0 Å². The first-order valence-electron chi connectivity index (χ1n) is 10.1. The smallest absolute Gasteiger partial charge is 0.534 e. The van der Waals surface area contributed by atoms with Crippen LogP contribution >= 0.6 is 0 Å². The second kappa shape index (κ2) is 9.92. The van der Waals surface area contributed by atoms with Crippen molar-refractivity contribution in [1.82, 2.24) is 20.4 Å². The standard InChI is InChI=1S/C19H27BN4O6/c1-2-21-6-7-23-8-9-24(17(26)12-23)11-16(25)22-15-10-13-4-3-5-14(19(27)28)18(13)30-20(15)29/h3-5,15,21,29H,2,6-12H2,1H3,(H,22,25)(H,27,28)/t15-/m0/s1. The summed E-state index contributed by atoms with van der Waals surface area (Å²) in [5.41, 5.74) is 0.560. The molecular formula is C19H27BN4O6. The Morgan fingerprint density at radius 2 is 2.13 bits per heavy atom. The number of carbonyl (C=O) groups excluding carboxylic acids is 2. The Balaban J connectivity index is 1.52. The average molecular weight is 418 g/mol. The Hall–Kier alpha value is -2.63. The normalized spacial score (nSPS) is 19.3. The van der Waals surface area contributed by atoms with Crippen molar-refractivity contribution in [2.75, 3.05) is 45.8 Å². The number of rotatable bonds is 8. The summed E-state index contributed by atoms with van der Waals surface area (Å²) in [5, 5.41) is 25.4. The molecule has 30 heavy (non-hydrogen) atoms. The molecule has 4 N–H and O–H groups in total. The molecule has 1 fully saturated rings. The van der Waals surface area contributed by atoms with Crippen molar-refractivity contribution < 1.29 is 29.2 Å². The molecular weight excluding hydrogens is 391 g/mol. The van der Waals surface area contributed by atoms with E-state index in [0.717, 1.165) is 19.6 Å². The van der Waals surface area contributed by atoms with Gasteiger partial charge < -0.3 is 30.3 Å². The van der Waals surface area contributed by atoms with Crippen LogP contribution in [0.3, 0.4) is 0 Å². The maximum absolute atomic E-state index is 12.5. The summed E-state index contributed by atoms with van der Waals surface area (Å²) in [6.07, 6.45) is 0.232. The highest BCUT2D eigenvalue weighted by Gasteiger charge is 2.38. The maximum Gasteiger partial charge on any atom is 0.547 e. The summed E-state index contributed by atoms with van der Waals surface area (Å²) >= 11 is 0. The third kappa shape index (κ3) is 5.29. The predicted molar refractivity (Wildman–Crippen MR) is 109 cm³/mol. The first-order valence-corrected chi connectivity index (χ1v) is 10.1. The van der Waals surface area contributed by atoms with Crippen molar-refractivity contribution in [2.24, 2.45) is 0 Å². The molecule has 2 heterocycles. The lowest BCUT2D eigenvalue weighted by molar-refractivity contribution is -0.140. The van der Waals surface area contributed by atoms with Crippen LogP contribution in [-0.4, -0.2) is 96.6 Å². The minimum atomic E-state index is -1.37. The van der Waals surface area contributed by atoms with Crippen LogP contribution in [0.2, 0.25) is 0 Å². The lowest BCUT2D eigenvalue weighted by atomic mass is 9.72. The first kappa shape index (κ1) is 22.1. The van der Waals surface area contributed by atoms with E-state index in [2.05, 4.69) is 15.5 Å². The van der Waals surface area contributed by atoms with Crippen LogP contribution in [-0.2, 0) is 16.0 Å². The molecule has 0 saturated carbocycles. The lowest BCUT2D eigenvalue weighted by Crippen LogP contribution is -2.57. The number of hydrogen-bond donors (Lipinski definition) is 4. The molecule has 1 atom stereocenters. The minimum absolute atomic E-state index is 0.0334. The van der Waals surface area contributed by atoms with Crippen molar-refractivity contribution >= 4 is 24.9 Å². The van der Waals surface area contributed by atoms with Gasteiger partial charge in [-0.3, -0.25) is 14.5 Å². The topological polar surface area (TPSA) is 131 Å². The van der Waals surface area contributed by atoms with Crippen molar-refractivity contribution in [3.05, 3.63) is 29.3 Å². The molecule has 2 amide bonds. The van der Waals surface area contributed by atoms with Crippen LogP contribution < -0.4 is 15.3 Å². The van der Waals surface area contributed by atoms with E-state index >= 15 is 0 Å². The van der Waals surface area contributed by atoms with Gasteiger partial charge in [0, 0.05) is 26.2 Å². The zero-order valence-electron chi connectivity index (χ0n) is 17.0. The molecule has 0 unspecified atom stereocenters. The number of aromatic carboxylic acids is 1. The fraction of sp³-hybridized carbons (Fsp3) is 0.526. The largest absolute Gasteiger partial charge is 0.547 e. The van der Waals surface area contributed by atoms with Crippen molar-refractivity contribution in [3.63, 3.8) is 0 Å². The highest BCUT2D eigenvalue weighted by molar-refractivity contribution is 6.47. The number of likely N-dealkylation sites (N-methyl/N-ethyl adjacent to an activating group) is 1. The summed E-state index contributed by atoms with van der Waals surface area (Å²) in [6.45, 7) is 5.85. The second-order valence-electron chi connectivity index (χ2n) is 7.43. The molecule has 2 aliphatic rings. The van der Waals surface area contributed by atoms with Crippen LogP contribution in [0.15, 0.2) is 18.2 Å². The van der Waals surface area contributed by atoms with Crippen molar-refractivity contribution in [1.29, 1.82) is 0 Å². The Labute approximate surface area is 175 Å². The SMILES string of the molecule is CCNCCN1CCN(CC(=O)N[C@H]2Cc3cccc(C(=O)O)c3OB2O)C(=O)C1. The molecule has 162 valence electrons. The van der Waals surface area contributed by atoms with Crippen LogP contribution in [0.5, 0.6) is 5.75 Å². The predicted octanol–water partition coefficient (Wildman–Crippen LogP) is -1.42. The summed E-state index contributed by atoms with van der Waals surface area (Å²) in [4.78, 5) is 39.7. The monoisotopic (exact) mass is 418 g/mol. The number of hydrogen-bond acceptors (Lipinski definition) is 7. The number of carboxylic acids is 1. The van der Waals surface area contributed by atoms with Crippen molar-refractivity contribution in [3.8, 4) is 5.75 Å². The van der Waals surface area contributed by atoms with Gasteiger partial charge in [0.2, 0.25) is 11.8 Å². The molecule has 2 aliphatic heterocycles. The number of carboxylic acid groups (broad SMARTS) is 1. The highest BCUT2D eigenvalue weighted by atomic mass is 16.5. The van der Waals surface area contributed by atoms with Gasteiger partial charge in [-0.25, -0.2) is 4.79 Å². The van der Waals surface area contributed by atoms with Gasteiger partial charge in [0.05, 0.1) is 24.6 Å². The van der Waals surface area contributed by atoms with E-state index in [0.29, 0.717) is 18.7 Å². The van der Waals surface area contributed by atoms with E-state index in [4.69, 9.17) is 4.65 Å². The number of para-hydroxylation sites is 1. The molecule has 1 saturated heterocycles. The molecule has 1 aromatic carbocycles. The maximum atomic E-state index is 12.5. The van der Waals surface area contributed by atoms with Crippen LogP contribution in [0, 0.1) is 0 Å². The van der Waals surface area contributed by atoms with Crippen molar-refractivity contribution in [2.45, 2.75) is 19.3 Å². The zero-order valence-corrected chi connectivity index (χ0v) is 17.0. The Kier molecular flexibility index (Phi) is 7.30. The molecule has 11 heteroatoms. The number of piperazine rings is 1. The van der Waals surface area contributed by atoms with E-state index in [1.807, 2.05) is 6.92 Å². The van der Waals surface area contributed by atoms with Gasteiger partial charge in [0.15, 0.2) is 0 Å². The first-order chi connectivity index (χ1) is 14.4. The Morgan fingerprint density at radius 1 is 1.33 bits per heavy atom. The molecule has 10 nitrogen and oxygen atoms in total. The summed E-state index contributed by atoms with van der Waals surface area (Å²) in [5.74, 6) is -2.26. The van der Waals surface area contributed by atoms with Crippen LogP contribution in [0.4, 0.5) is 0 Å². The van der Waals surface area contributed by atoms with Gasteiger partial charge in [-0.2, -0.15) is 0 Å². The number of nitrogens with one attached hydrogen (secondary N) is 2. The highest BCUT2D eigenvalue weighted by Crippen LogP contribution is 2.30. The second-order valence-corrected chi connectivity index (χ2v) is 7.43. The summed E-state index contributed by atoms with van der Waals surface area (Å²) in [6, 6.07) is 4.69. The molecule has 1 aromatic rings. The number of carbonyl (C=O) groups is 3. The van der Waals surface area contributed by atoms with E-state index < -0.39 is 24.9 Å². The third-order valence-electron chi connectivity index (χ3n) is 5.28. The quantitative estimate of drug-likeness (QED) is 0.299. The Bertz CT molecular complexity index is 807. The van der Waals surface area contributed by atoms with Crippen LogP contribution in [0.25, 0.3) is 0 Å². The molecule has 3 rings (SSSR count). The van der Waals surface area contributed by atoms with Crippen LogP contribution in [0.1, 0.15) is 22.8 Å². The number of benzene rings is 1. The fourth-order valence-electron chi connectivity index (χ4n) is 3.67. The Morgan fingerprint density at radius 3 is 2.83 bits per heavy atom. The van der Waals surface area contributed by atoms with Gasteiger partial charge in [0.25, 0.3) is 0 Å². The van der Waals surface area contributed by atoms with Gasteiger partial charge in [0.1, 0.15) is 5.75 Å². The van der Waals surface area contributed by atoms with E-state index in [1.165, 1.54) is 11.0 Å². The minimum Gasteiger partial charge on any atom is -0.534 e. The van der Waals surface area contributed by atoms with Gasteiger partial charge in [-0.1, -0.05) is 19.1 Å². The summed E-state index contributed by atoms with van der Waals surface area (Å²) < 4.78 is 5.38. The summed E-state index contributed by atoms with van der Waals surface area (Å²) in [7, 11) is -1.37. The van der Waals surface area contributed by atoms with E-state index in [-0.39, 0.29) is 36.7 Å². The number of amides is 2.